The predicted molar refractivity (Wildman–Crippen MR) is 114 cm³/mol. The SMILES string of the molecule is Cc1nn(C2CCS(=O)(=O)C2)c(Cl)c1/C=C/C(=O)OCC(=O)Nc1cccc(C#N)c1. The van der Waals surface area contributed by atoms with Crippen LogP contribution in [0.2, 0.25) is 5.15 Å². The number of nitrogens with zero attached hydrogens (tertiary/aromatic N) is 3. The van der Waals surface area contributed by atoms with Crippen molar-refractivity contribution in [2.24, 2.45) is 0 Å². The van der Waals surface area contributed by atoms with Gasteiger partial charge in [-0.3, -0.25) is 4.79 Å². The molecule has 1 aliphatic heterocycles. The number of halogens is 1. The lowest BCUT2D eigenvalue weighted by atomic mass is 10.2. The monoisotopic (exact) mass is 462 g/mol. The summed E-state index contributed by atoms with van der Waals surface area (Å²) in [6.07, 6.45) is 2.97. The van der Waals surface area contributed by atoms with Crippen molar-refractivity contribution < 1.29 is 22.7 Å². The minimum absolute atomic E-state index is 0.0224. The van der Waals surface area contributed by atoms with Crippen molar-refractivity contribution in [2.75, 3.05) is 23.4 Å². The fourth-order valence-electron chi connectivity index (χ4n) is 3.13. The Labute approximate surface area is 184 Å². The highest BCUT2D eigenvalue weighted by Gasteiger charge is 2.31. The van der Waals surface area contributed by atoms with E-state index in [0.29, 0.717) is 28.9 Å². The largest absolute Gasteiger partial charge is 0.452 e. The molecule has 1 aliphatic rings. The molecule has 2 heterocycles. The van der Waals surface area contributed by atoms with E-state index in [2.05, 4.69) is 10.4 Å². The van der Waals surface area contributed by atoms with Crippen molar-refractivity contribution in [2.45, 2.75) is 19.4 Å². The maximum Gasteiger partial charge on any atom is 0.331 e. The number of aryl methyl sites for hydroxylation is 1. The molecule has 1 aromatic heterocycles. The molecule has 1 saturated heterocycles. The third-order valence-electron chi connectivity index (χ3n) is 4.63. The van der Waals surface area contributed by atoms with Crippen molar-refractivity contribution in [3.8, 4) is 6.07 Å². The van der Waals surface area contributed by atoms with Crippen LogP contribution < -0.4 is 5.32 Å². The highest BCUT2D eigenvalue weighted by atomic mass is 35.5. The van der Waals surface area contributed by atoms with Gasteiger partial charge in [-0.2, -0.15) is 10.4 Å². The van der Waals surface area contributed by atoms with Crippen LogP contribution in [0.1, 0.15) is 29.3 Å². The lowest BCUT2D eigenvalue weighted by Crippen LogP contribution is -2.20. The Morgan fingerprint density at radius 3 is 2.90 bits per heavy atom. The number of carbonyl (C=O) groups excluding carboxylic acids is 2. The summed E-state index contributed by atoms with van der Waals surface area (Å²) in [6.45, 7) is 1.19. The number of rotatable bonds is 6. The zero-order valence-electron chi connectivity index (χ0n) is 16.5. The van der Waals surface area contributed by atoms with Crippen LogP contribution in [0.5, 0.6) is 0 Å². The van der Waals surface area contributed by atoms with Gasteiger partial charge in [0.05, 0.1) is 34.9 Å². The van der Waals surface area contributed by atoms with Gasteiger partial charge in [-0.1, -0.05) is 17.7 Å². The zero-order chi connectivity index (χ0) is 22.6. The molecule has 162 valence electrons. The van der Waals surface area contributed by atoms with Gasteiger partial charge in [0.2, 0.25) is 0 Å². The smallest absolute Gasteiger partial charge is 0.331 e. The second-order valence-electron chi connectivity index (χ2n) is 6.97. The number of aromatic nitrogens is 2. The molecule has 9 nitrogen and oxygen atoms in total. The van der Waals surface area contributed by atoms with Crippen LogP contribution in [0.15, 0.2) is 30.3 Å². The van der Waals surface area contributed by atoms with E-state index in [4.69, 9.17) is 21.6 Å². The Hall–Kier alpha value is -3.16. The van der Waals surface area contributed by atoms with Crippen molar-refractivity contribution in [1.29, 1.82) is 5.26 Å². The number of hydrogen-bond acceptors (Lipinski definition) is 7. The fourth-order valence-corrected chi connectivity index (χ4v) is 5.20. The van der Waals surface area contributed by atoms with E-state index in [1.54, 1.807) is 25.1 Å². The lowest BCUT2D eigenvalue weighted by molar-refractivity contribution is -0.142. The number of benzene rings is 1. The van der Waals surface area contributed by atoms with E-state index in [1.165, 1.54) is 16.8 Å². The third-order valence-corrected chi connectivity index (χ3v) is 6.76. The second kappa shape index (κ2) is 9.32. The number of hydrogen-bond donors (Lipinski definition) is 1. The fraction of sp³-hybridized carbons (Fsp3) is 0.300. The summed E-state index contributed by atoms with van der Waals surface area (Å²) in [5, 5.41) is 15.9. The van der Waals surface area contributed by atoms with Crippen LogP contribution in [0.25, 0.3) is 6.08 Å². The molecule has 1 atom stereocenters. The minimum Gasteiger partial charge on any atom is -0.452 e. The number of esters is 1. The molecule has 1 N–H and O–H groups in total. The molecule has 31 heavy (non-hydrogen) atoms. The number of nitriles is 1. The van der Waals surface area contributed by atoms with E-state index in [1.807, 2.05) is 6.07 Å². The van der Waals surface area contributed by atoms with Gasteiger partial charge in [0.15, 0.2) is 16.4 Å². The van der Waals surface area contributed by atoms with E-state index in [-0.39, 0.29) is 22.7 Å². The molecule has 2 aromatic rings. The first kappa shape index (κ1) is 22.5. The van der Waals surface area contributed by atoms with Gasteiger partial charge in [0.25, 0.3) is 5.91 Å². The van der Waals surface area contributed by atoms with Crippen molar-refractivity contribution in [3.05, 3.63) is 52.3 Å². The molecule has 3 rings (SSSR count). The zero-order valence-corrected chi connectivity index (χ0v) is 18.1. The summed E-state index contributed by atoms with van der Waals surface area (Å²) in [7, 11) is -3.10. The number of ether oxygens (including phenoxy) is 1. The predicted octanol–water partition coefficient (Wildman–Crippen LogP) is 2.27. The quantitative estimate of drug-likeness (QED) is 0.514. The molecule has 0 radical (unpaired) electrons. The van der Waals surface area contributed by atoms with Gasteiger partial charge in [-0.15, -0.1) is 0 Å². The van der Waals surface area contributed by atoms with E-state index in [9.17, 15) is 18.0 Å². The summed E-state index contributed by atoms with van der Waals surface area (Å²) in [5.41, 5.74) is 1.81. The molecule has 0 aliphatic carbocycles. The average molecular weight is 463 g/mol. The first-order valence-electron chi connectivity index (χ1n) is 9.28. The third kappa shape index (κ3) is 5.71. The Bertz CT molecular complexity index is 1200. The molecule has 0 spiro atoms. The molecule has 11 heteroatoms. The molecule has 1 fully saturated rings. The van der Waals surface area contributed by atoms with Gasteiger partial charge in [-0.25, -0.2) is 17.9 Å². The Morgan fingerprint density at radius 2 is 2.23 bits per heavy atom. The lowest BCUT2D eigenvalue weighted by Gasteiger charge is -2.09. The summed E-state index contributed by atoms with van der Waals surface area (Å²) in [5.74, 6) is -1.24. The van der Waals surface area contributed by atoms with Crippen molar-refractivity contribution in [1.82, 2.24) is 9.78 Å². The second-order valence-corrected chi connectivity index (χ2v) is 9.56. The molecular weight excluding hydrogens is 444 g/mol. The van der Waals surface area contributed by atoms with E-state index >= 15 is 0 Å². The normalized spacial score (nSPS) is 17.4. The molecular formula is C20H19ClN4O5S. The van der Waals surface area contributed by atoms with Gasteiger partial charge < -0.3 is 10.1 Å². The Balaban J connectivity index is 1.57. The molecule has 0 bridgehead atoms. The first-order valence-corrected chi connectivity index (χ1v) is 11.5. The highest BCUT2D eigenvalue weighted by molar-refractivity contribution is 7.91. The molecule has 1 aromatic carbocycles. The Morgan fingerprint density at radius 1 is 1.45 bits per heavy atom. The Kier molecular flexibility index (Phi) is 6.77. The van der Waals surface area contributed by atoms with E-state index < -0.39 is 28.3 Å². The maximum atomic E-state index is 12.0. The van der Waals surface area contributed by atoms with Crippen molar-refractivity contribution >= 4 is 45.1 Å². The van der Waals surface area contributed by atoms with Gasteiger partial charge in [0.1, 0.15) is 5.15 Å². The number of sulfone groups is 1. The number of amides is 1. The maximum absolute atomic E-state index is 12.0. The topological polar surface area (TPSA) is 131 Å². The van der Waals surface area contributed by atoms with Gasteiger partial charge in [0, 0.05) is 17.3 Å². The summed E-state index contributed by atoms with van der Waals surface area (Å²) < 4.78 is 29.8. The number of carbonyl (C=O) groups is 2. The van der Waals surface area contributed by atoms with Gasteiger partial charge in [-0.05, 0) is 37.6 Å². The summed E-state index contributed by atoms with van der Waals surface area (Å²) in [6, 6.07) is 7.95. The van der Waals surface area contributed by atoms with Crippen LogP contribution in [0.3, 0.4) is 0 Å². The van der Waals surface area contributed by atoms with E-state index in [0.717, 1.165) is 6.08 Å². The summed E-state index contributed by atoms with van der Waals surface area (Å²) >= 11 is 6.34. The van der Waals surface area contributed by atoms with Crippen LogP contribution >= 0.6 is 11.6 Å². The minimum atomic E-state index is -3.10. The van der Waals surface area contributed by atoms with Crippen LogP contribution in [0, 0.1) is 18.3 Å². The average Bonchev–Trinajstić information content (AvgIpc) is 3.23. The highest BCUT2D eigenvalue weighted by Crippen LogP contribution is 2.30. The number of nitrogens with one attached hydrogen (secondary N) is 1. The van der Waals surface area contributed by atoms with Crippen LogP contribution in [0.4, 0.5) is 5.69 Å². The molecule has 1 amide bonds. The van der Waals surface area contributed by atoms with Crippen LogP contribution in [-0.4, -0.2) is 48.2 Å². The molecule has 0 saturated carbocycles. The standard InChI is InChI=1S/C20H19ClN4O5S/c1-13-17(20(21)25(24-13)16-7-8-31(28,29)12-16)5-6-19(27)30-11-18(26)23-15-4-2-3-14(9-15)10-22/h2-6,9,16H,7-8,11-12H2,1H3,(H,23,26)/b6-5+. The summed E-state index contributed by atoms with van der Waals surface area (Å²) in [4.78, 5) is 23.9. The molecule has 1 unspecified atom stereocenters. The van der Waals surface area contributed by atoms with Gasteiger partial charge >= 0.3 is 5.97 Å². The first-order chi connectivity index (χ1) is 14.7. The number of anilines is 1. The van der Waals surface area contributed by atoms with Crippen LogP contribution in [-0.2, 0) is 24.2 Å². The van der Waals surface area contributed by atoms with Crippen molar-refractivity contribution in [3.63, 3.8) is 0 Å².